The van der Waals surface area contributed by atoms with Gasteiger partial charge in [0.25, 0.3) is 0 Å². The Bertz CT molecular complexity index is 1130. The predicted molar refractivity (Wildman–Crippen MR) is 97.3 cm³/mol. The number of hydrogen-bond donors (Lipinski definition) is 1. The number of hydrogen-bond acceptors (Lipinski definition) is 5. The summed E-state index contributed by atoms with van der Waals surface area (Å²) in [5, 5.41) is 0.663. The molecule has 0 bridgehead atoms. The molecule has 0 unspecified atom stereocenters. The maximum atomic E-state index is 13.3. The lowest BCUT2D eigenvalue weighted by Crippen LogP contribution is -2.25. The van der Waals surface area contributed by atoms with Gasteiger partial charge in [0.15, 0.2) is 11.6 Å². The zero-order valence-electron chi connectivity index (χ0n) is 14.3. The first-order chi connectivity index (χ1) is 13.1. The van der Waals surface area contributed by atoms with Gasteiger partial charge in [-0.2, -0.15) is 0 Å². The van der Waals surface area contributed by atoms with E-state index < -0.39 is 6.09 Å². The Labute approximate surface area is 153 Å². The normalized spacial score (nSPS) is 10.7. The number of rotatable bonds is 3. The van der Waals surface area contributed by atoms with E-state index in [2.05, 4.69) is 20.4 Å². The SMILES string of the molecule is Cc1nc(-c2cccnc2)ncc1OC(=O)Nn1ccc2cc(F)ccc21. The van der Waals surface area contributed by atoms with Crippen molar-refractivity contribution >= 4 is 17.0 Å². The summed E-state index contributed by atoms with van der Waals surface area (Å²) in [6, 6.07) is 9.60. The quantitative estimate of drug-likeness (QED) is 0.600. The summed E-state index contributed by atoms with van der Waals surface area (Å²) in [6.45, 7) is 1.72. The van der Waals surface area contributed by atoms with Gasteiger partial charge in [0.2, 0.25) is 0 Å². The summed E-state index contributed by atoms with van der Waals surface area (Å²) >= 11 is 0. The maximum Gasteiger partial charge on any atom is 0.432 e. The number of benzene rings is 1. The molecule has 8 heteroatoms. The molecule has 0 radical (unpaired) electrons. The van der Waals surface area contributed by atoms with E-state index in [1.165, 1.54) is 23.0 Å². The van der Waals surface area contributed by atoms with Crippen molar-refractivity contribution in [2.45, 2.75) is 6.92 Å². The van der Waals surface area contributed by atoms with Gasteiger partial charge in [-0.25, -0.2) is 24.6 Å². The molecular weight excluding hydrogens is 349 g/mol. The van der Waals surface area contributed by atoms with Crippen LogP contribution in [-0.4, -0.2) is 25.7 Å². The van der Waals surface area contributed by atoms with Crippen LogP contribution in [0.25, 0.3) is 22.3 Å². The molecule has 0 fully saturated rings. The van der Waals surface area contributed by atoms with Crippen molar-refractivity contribution < 1.29 is 13.9 Å². The minimum absolute atomic E-state index is 0.239. The minimum atomic E-state index is -0.711. The molecule has 134 valence electrons. The van der Waals surface area contributed by atoms with E-state index in [9.17, 15) is 9.18 Å². The molecule has 1 amide bonds. The van der Waals surface area contributed by atoms with Crippen LogP contribution in [0.4, 0.5) is 9.18 Å². The number of aromatic nitrogens is 4. The second-order valence-corrected chi connectivity index (χ2v) is 5.78. The second-order valence-electron chi connectivity index (χ2n) is 5.78. The number of carbonyl (C=O) groups is 1. The van der Waals surface area contributed by atoms with Crippen molar-refractivity contribution in [3.63, 3.8) is 0 Å². The van der Waals surface area contributed by atoms with Crippen LogP contribution in [0.15, 0.2) is 61.2 Å². The summed E-state index contributed by atoms with van der Waals surface area (Å²) < 4.78 is 20.0. The Kier molecular flexibility index (Phi) is 4.21. The molecular formula is C19H14FN5O2. The van der Waals surface area contributed by atoms with E-state index in [4.69, 9.17) is 4.74 Å². The minimum Gasteiger partial charge on any atom is -0.406 e. The molecule has 0 aliphatic rings. The summed E-state index contributed by atoms with van der Waals surface area (Å²) in [6.07, 6.45) is 5.66. The van der Waals surface area contributed by atoms with Crippen LogP contribution in [0.5, 0.6) is 5.75 Å². The molecule has 0 spiro atoms. The van der Waals surface area contributed by atoms with Crippen molar-refractivity contribution in [3.8, 4) is 17.1 Å². The summed E-state index contributed by atoms with van der Waals surface area (Å²) in [5.41, 5.74) is 4.50. The average molecular weight is 363 g/mol. The fourth-order valence-electron chi connectivity index (χ4n) is 2.62. The third-order valence-corrected chi connectivity index (χ3v) is 3.92. The number of halogens is 1. The first-order valence-electron chi connectivity index (χ1n) is 8.09. The smallest absolute Gasteiger partial charge is 0.406 e. The Morgan fingerprint density at radius 2 is 2.11 bits per heavy atom. The van der Waals surface area contributed by atoms with Crippen molar-refractivity contribution in [1.29, 1.82) is 0 Å². The molecule has 1 aromatic carbocycles. The molecule has 4 aromatic rings. The molecule has 3 aromatic heterocycles. The van der Waals surface area contributed by atoms with Gasteiger partial charge >= 0.3 is 6.09 Å². The number of pyridine rings is 1. The van der Waals surface area contributed by atoms with Gasteiger partial charge in [0.05, 0.1) is 17.4 Å². The van der Waals surface area contributed by atoms with Gasteiger partial charge in [-0.1, -0.05) is 0 Å². The highest BCUT2D eigenvalue weighted by atomic mass is 19.1. The number of carbonyl (C=O) groups excluding carboxylic acids is 1. The number of nitrogens with one attached hydrogen (secondary N) is 1. The Balaban J connectivity index is 1.51. The highest BCUT2D eigenvalue weighted by Gasteiger charge is 2.12. The number of amides is 1. The Hall–Kier alpha value is -3.81. The fourth-order valence-corrected chi connectivity index (χ4v) is 2.62. The van der Waals surface area contributed by atoms with Gasteiger partial charge in [-0.05, 0) is 43.3 Å². The van der Waals surface area contributed by atoms with Gasteiger partial charge in [-0.15, -0.1) is 0 Å². The Morgan fingerprint density at radius 3 is 2.89 bits per heavy atom. The molecule has 27 heavy (non-hydrogen) atoms. The number of nitrogens with zero attached hydrogens (tertiary/aromatic N) is 4. The average Bonchev–Trinajstić information content (AvgIpc) is 3.05. The predicted octanol–water partition coefficient (Wildman–Crippen LogP) is 3.68. The summed E-state index contributed by atoms with van der Waals surface area (Å²) in [4.78, 5) is 24.8. The zero-order chi connectivity index (χ0) is 18.8. The lowest BCUT2D eigenvalue weighted by molar-refractivity contribution is 0.211. The zero-order valence-corrected chi connectivity index (χ0v) is 14.3. The molecule has 0 saturated heterocycles. The Morgan fingerprint density at radius 1 is 1.22 bits per heavy atom. The van der Waals surface area contributed by atoms with Gasteiger partial charge in [0.1, 0.15) is 5.82 Å². The van der Waals surface area contributed by atoms with Crippen LogP contribution < -0.4 is 10.2 Å². The van der Waals surface area contributed by atoms with Gasteiger partial charge in [-0.3, -0.25) is 9.66 Å². The van der Waals surface area contributed by atoms with Crippen molar-refractivity contribution in [2.24, 2.45) is 0 Å². The summed E-state index contributed by atoms with van der Waals surface area (Å²) in [7, 11) is 0. The lowest BCUT2D eigenvalue weighted by atomic mass is 10.2. The molecule has 0 atom stereocenters. The van der Waals surface area contributed by atoms with E-state index in [1.807, 2.05) is 6.07 Å². The first-order valence-corrected chi connectivity index (χ1v) is 8.09. The van der Waals surface area contributed by atoms with Crippen molar-refractivity contribution in [2.75, 3.05) is 5.43 Å². The summed E-state index contributed by atoms with van der Waals surface area (Å²) in [5.74, 6) is 0.388. The lowest BCUT2D eigenvalue weighted by Gasteiger charge is -2.10. The number of fused-ring (bicyclic) bond motifs is 1. The number of aryl methyl sites for hydroxylation is 1. The topological polar surface area (TPSA) is 81.9 Å². The highest BCUT2D eigenvalue weighted by molar-refractivity contribution is 5.85. The van der Waals surface area contributed by atoms with Crippen LogP contribution in [0.2, 0.25) is 0 Å². The van der Waals surface area contributed by atoms with Crippen molar-refractivity contribution in [3.05, 3.63) is 72.7 Å². The molecule has 4 rings (SSSR count). The molecule has 1 N–H and O–H groups in total. The first kappa shape index (κ1) is 16.6. The maximum absolute atomic E-state index is 13.3. The molecule has 0 aliphatic carbocycles. The molecule has 3 heterocycles. The third kappa shape index (κ3) is 3.45. The fraction of sp³-hybridized carbons (Fsp3) is 0.0526. The van der Waals surface area contributed by atoms with Crippen molar-refractivity contribution in [1.82, 2.24) is 19.6 Å². The van der Waals surface area contributed by atoms with E-state index in [0.717, 1.165) is 5.56 Å². The second kappa shape index (κ2) is 6.83. The van der Waals surface area contributed by atoms with E-state index in [0.29, 0.717) is 22.4 Å². The highest BCUT2D eigenvalue weighted by Crippen LogP contribution is 2.20. The van der Waals surface area contributed by atoms with E-state index >= 15 is 0 Å². The van der Waals surface area contributed by atoms with Gasteiger partial charge < -0.3 is 4.74 Å². The number of ether oxygens (including phenoxy) is 1. The van der Waals surface area contributed by atoms with Crippen LogP contribution in [-0.2, 0) is 0 Å². The largest absolute Gasteiger partial charge is 0.432 e. The van der Waals surface area contributed by atoms with Crippen LogP contribution in [0, 0.1) is 12.7 Å². The molecule has 0 aliphatic heterocycles. The van der Waals surface area contributed by atoms with Crippen LogP contribution in [0.1, 0.15) is 5.69 Å². The van der Waals surface area contributed by atoms with Gasteiger partial charge in [0, 0.05) is 29.5 Å². The molecule has 0 saturated carbocycles. The monoisotopic (exact) mass is 363 g/mol. The van der Waals surface area contributed by atoms with Crippen LogP contribution in [0.3, 0.4) is 0 Å². The standard InChI is InChI=1S/C19H14FN5O2/c1-12-17(11-22-18(23-12)14-3-2-7-21-10-14)27-19(26)24-25-8-6-13-9-15(20)4-5-16(13)25/h2-11H,1H3,(H,24,26). The molecule has 7 nitrogen and oxygen atoms in total. The van der Waals surface area contributed by atoms with E-state index in [1.54, 1.807) is 43.7 Å². The van der Waals surface area contributed by atoms with E-state index in [-0.39, 0.29) is 11.6 Å². The van der Waals surface area contributed by atoms with Crippen LogP contribution >= 0.6 is 0 Å². The third-order valence-electron chi connectivity index (χ3n) is 3.92.